The predicted octanol–water partition coefficient (Wildman–Crippen LogP) is 2.06. The standard InChI is InChI=1S/C15H31N3/c1-5-12(6-2)18(4)15(11-16)9-13-7-8-14(10-15)17(13)3/h12-14H,5-11,16H2,1-4H3. The smallest absolute Gasteiger partial charge is 0.0361 e. The Labute approximate surface area is 113 Å². The number of nitrogens with two attached hydrogens (primary N) is 1. The fourth-order valence-electron chi connectivity index (χ4n) is 4.37. The van der Waals surface area contributed by atoms with Crippen molar-refractivity contribution >= 4 is 0 Å². The van der Waals surface area contributed by atoms with Crippen LogP contribution in [0.5, 0.6) is 0 Å². The molecule has 18 heavy (non-hydrogen) atoms. The van der Waals surface area contributed by atoms with Gasteiger partial charge in [0.1, 0.15) is 0 Å². The van der Waals surface area contributed by atoms with E-state index in [1.165, 1.54) is 38.5 Å². The zero-order chi connectivity index (χ0) is 13.3. The Hall–Kier alpha value is -0.120. The van der Waals surface area contributed by atoms with Crippen LogP contribution in [0.3, 0.4) is 0 Å². The predicted molar refractivity (Wildman–Crippen MR) is 77.7 cm³/mol. The van der Waals surface area contributed by atoms with Gasteiger partial charge in [-0.2, -0.15) is 0 Å². The second-order valence-corrected chi connectivity index (χ2v) is 6.47. The molecule has 0 aliphatic carbocycles. The van der Waals surface area contributed by atoms with Crippen LogP contribution in [0.2, 0.25) is 0 Å². The van der Waals surface area contributed by atoms with E-state index >= 15 is 0 Å². The SMILES string of the molecule is CCC(CC)N(C)C1(CN)CC2CCC(C1)N2C. The summed E-state index contributed by atoms with van der Waals surface area (Å²) in [4.78, 5) is 5.24. The molecule has 0 radical (unpaired) electrons. The molecular weight excluding hydrogens is 222 g/mol. The molecule has 0 aromatic rings. The lowest BCUT2D eigenvalue weighted by atomic mass is 9.80. The third kappa shape index (κ3) is 2.21. The van der Waals surface area contributed by atoms with Gasteiger partial charge < -0.3 is 10.6 Å². The first-order valence-corrected chi connectivity index (χ1v) is 7.73. The number of hydrogen-bond acceptors (Lipinski definition) is 3. The van der Waals surface area contributed by atoms with E-state index in [9.17, 15) is 0 Å². The quantitative estimate of drug-likeness (QED) is 0.814. The fourth-order valence-corrected chi connectivity index (χ4v) is 4.37. The first-order valence-electron chi connectivity index (χ1n) is 7.73. The van der Waals surface area contributed by atoms with Crippen LogP contribution < -0.4 is 5.73 Å². The molecule has 2 heterocycles. The normalized spacial score (nSPS) is 36.8. The largest absolute Gasteiger partial charge is 0.329 e. The molecule has 0 aromatic heterocycles. The summed E-state index contributed by atoms with van der Waals surface area (Å²) < 4.78 is 0. The van der Waals surface area contributed by atoms with Crippen molar-refractivity contribution in [2.45, 2.75) is 76.0 Å². The number of piperidine rings is 1. The van der Waals surface area contributed by atoms with Crippen molar-refractivity contribution in [3.8, 4) is 0 Å². The molecule has 2 rings (SSSR count). The Morgan fingerprint density at radius 1 is 1.22 bits per heavy atom. The van der Waals surface area contributed by atoms with Gasteiger partial charge in [0, 0.05) is 30.2 Å². The van der Waals surface area contributed by atoms with Gasteiger partial charge >= 0.3 is 0 Å². The number of rotatable bonds is 5. The summed E-state index contributed by atoms with van der Waals surface area (Å²) in [5.74, 6) is 0. The van der Waals surface area contributed by atoms with Crippen molar-refractivity contribution < 1.29 is 0 Å². The van der Waals surface area contributed by atoms with Gasteiger partial charge in [-0.1, -0.05) is 13.8 Å². The zero-order valence-electron chi connectivity index (χ0n) is 12.7. The molecule has 2 N–H and O–H groups in total. The first kappa shape index (κ1) is 14.3. The van der Waals surface area contributed by atoms with Crippen molar-refractivity contribution in [3.63, 3.8) is 0 Å². The highest BCUT2D eigenvalue weighted by Crippen LogP contribution is 2.42. The molecule has 0 amide bonds. The van der Waals surface area contributed by atoms with Crippen LogP contribution in [-0.2, 0) is 0 Å². The lowest BCUT2D eigenvalue weighted by Gasteiger charge is -2.52. The highest BCUT2D eigenvalue weighted by molar-refractivity contribution is 5.06. The molecule has 2 bridgehead atoms. The number of fused-ring (bicyclic) bond motifs is 2. The highest BCUT2D eigenvalue weighted by atomic mass is 15.3. The summed E-state index contributed by atoms with van der Waals surface area (Å²) in [7, 11) is 4.62. The van der Waals surface area contributed by atoms with Crippen LogP contribution in [0.4, 0.5) is 0 Å². The fraction of sp³-hybridized carbons (Fsp3) is 1.00. The molecule has 2 atom stereocenters. The minimum atomic E-state index is 0.259. The van der Waals surface area contributed by atoms with Gasteiger partial charge in [0.15, 0.2) is 0 Å². The monoisotopic (exact) mass is 253 g/mol. The van der Waals surface area contributed by atoms with Gasteiger partial charge in [0.2, 0.25) is 0 Å². The van der Waals surface area contributed by atoms with E-state index in [4.69, 9.17) is 5.73 Å². The lowest BCUT2D eigenvalue weighted by Crippen LogP contribution is -2.62. The summed E-state index contributed by atoms with van der Waals surface area (Å²) in [5, 5.41) is 0. The zero-order valence-corrected chi connectivity index (χ0v) is 12.7. The molecule has 3 heteroatoms. The Balaban J connectivity index is 2.16. The van der Waals surface area contributed by atoms with Crippen LogP contribution in [0.15, 0.2) is 0 Å². The third-order valence-electron chi connectivity index (χ3n) is 5.83. The van der Waals surface area contributed by atoms with Crippen molar-refractivity contribution in [1.29, 1.82) is 0 Å². The van der Waals surface area contributed by atoms with Crippen molar-refractivity contribution in [1.82, 2.24) is 9.80 Å². The Morgan fingerprint density at radius 3 is 2.11 bits per heavy atom. The van der Waals surface area contributed by atoms with Crippen LogP contribution in [0, 0.1) is 0 Å². The summed E-state index contributed by atoms with van der Waals surface area (Å²) in [6.07, 6.45) is 7.76. The van der Waals surface area contributed by atoms with Crippen LogP contribution >= 0.6 is 0 Å². The first-order chi connectivity index (χ1) is 8.57. The molecule has 2 unspecified atom stereocenters. The van der Waals surface area contributed by atoms with Gasteiger partial charge in [-0.05, 0) is 52.6 Å². The van der Waals surface area contributed by atoms with Gasteiger partial charge in [-0.25, -0.2) is 0 Å². The van der Waals surface area contributed by atoms with E-state index in [0.717, 1.165) is 18.6 Å². The lowest BCUT2D eigenvalue weighted by molar-refractivity contribution is -0.00939. The van der Waals surface area contributed by atoms with Crippen molar-refractivity contribution in [3.05, 3.63) is 0 Å². The van der Waals surface area contributed by atoms with Gasteiger partial charge in [-0.3, -0.25) is 4.90 Å². The van der Waals surface area contributed by atoms with E-state index in [2.05, 4.69) is 37.7 Å². The Morgan fingerprint density at radius 2 is 1.72 bits per heavy atom. The van der Waals surface area contributed by atoms with E-state index in [1.54, 1.807) is 0 Å². The third-order valence-corrected chi connectivity index (χ3v) is 5.83. The molecule has 0 aromatic carbocycles. The van der Waals surface area contributed by atoms with Gasteiger partial charge in [-0.15, -0.1) is 0 Å². The summed E-state index contributed by atoms with van der Waals surface area (Å²) in [6, 6.07) is 2.23. The number of nitrogens with zero attached hydrogens (tertiary/aromatic N) is 2. The molecule has 0 spiro atoms. The molecule has 2 aliphatic rings. The van der Waals surface area contributed by atoms with E-state index in [1.807, 2.05) is 0 Å². The van der Waals surface area contributed by atoms with Gasteiger partial charge in [0.05, 0.1) is 0 Å². The van der Waals surface area contributed by atoms with E-state index < -0.39 is 0 Å². The van der Waals surface area contributed by atoms with Crippen LogP contribution in [-0.4, -0.2) is 54.1 Å². The second kappa shape index (κ2) is 5.48. The molecule has 2 aliphatic heterocycles. The van der Waals surface area contributed by atoms with E-state index in [-0.39, 0.29) is 5.54 Å². The average Bonchev–Trinajstić information content (AvgIpc) is 2.63. The van der Waals surface area contributed by atoms with Crippen LogP contribution in [0.1, 0.15) is 52.4 Å². The Bertz CT molecular complexity index is 261. The van der Waals surface area contributed by atoms with Crippen molar-refractivity contribution in [2.75, 3.05) is 20.6 Å². The topological polar surface area (TPSA) is 32.5 Å². The van der Waals surface area contributed by atoms with E-state index in [0.29, 0.717) is 6.04 Å². The maximum absolute atomic E-state index is 6.22. The average molecular weight is 253 g/mol. The minimum Gasteiger partial charge on any atom is -0.329 e. The summed E-state index contributed by atoms with van der Waals surface area (Å²) in [6.45, 7) is 5.43. The molecule has 0 saturated carbocycles. The summed E-state index contributed by atoms with van der Waals surface area (Å²) >= 11 is 0. The number of hydrogen-bond donors (Lipinski definition) is 1. The van der Waals surface area contributed by atoms with Crippen LogP contribution in [0.25, 0.3) is 0 Å². The molecule has 3 nitrogen and oxygen atoms in total. The molecule has 106 valence electrons. The highest BCUT2D eigenvalue weighted by Gasteiger charge is 2.48. The second-order valence-electron chi connectivity index (χ2n) is 6.47. The van der Waals surface area contributed by atoms with Gasteiger partial charge in [0.25, 0.3) is 0 Å². The number of likely N-dealkylation sites (N-methyl/N-ethyl adjacent to an activating group) is 1. The molecular formula is C15H31N3. The minimum absolute atomic E-state index is 0.259. The maximum Gasteiger partial charge on any atom is 0.0361 e. The Kier molecular flexibility index (Phi) is 4.35. The summed E-state index contributed by atoms with van der Waals surface area (Å²) in [5.41, 5.74) is 6.48. The molecule has 2 saturated heterocycles. The molecule has 2 fully saturated rings. The van der Waals surface area contributed by atoms with Crippen molar-refractivity contribution in [2.24, 2.45) is 5.73 Å². The maximum atomic E-state index is 6.22.